The molecule has 1 aliphatic rings. The van der Waals surface area contributed by atoms with E-state index in [1.165, 1.54) is 12.1 Å². The lowest BCUT2D eigenvalue weighted by Gasteiger charge is -1.99. The van der Waals surface area contributed by atoms with Crippen LogP contribution in [0.1, 0.15) is 18.2 Å². The van der Waals surface area contributed by atoms with E-state index < -0.39 is 15.7 Å². The van der Waals surface area contributed by atoms with E-state index in [2.05, 4.69) is 10.1 Å². The summed E-state index contributed by atoms with van der Waals surface area (Å²) < 4.78 is 40.7. The number of aromatic nitrogens is 2. The Labute approximate surface area is 114 Å². The average Bonchev–Trinajstić information content (AvgIpc) is 2.95. The molecule has 1 aromatic heterocycles. The van der Waals surface area contributed by atoms with Gasteiger partial charge in [0.25, 0.3) is 5.89 Å². The second kappa shape index (κ2) is 4.55. The standard InChI is InChI=1S/C12H11FN2O4S/c13-8-1-2-9(10(16)5-8)12-14-11(15-19-12)7-3-4-20(17,18)6-7/h1-2,5,7,16H,3-4,6H2. The molecule has 8 heteroatoms. The van der Waals surface area contributed by atoms with Crippen molar-refractivity contribution in [3.63, 3.8) is 0 Å². The second-order valence-electron chi connectivity index (χ2n) is 4.72. The summed E-state index contributed by atoms with van der Waals surface area (Å²) in [6.45, 7) is 0. The Bertz CT molecular complexity index is 757. The fourth-order valence-corrected chi connectivity index (χ4v) is 3.93. The quantitative estimate of drug-likeness (QED) is 0.902. The van der Waals surface area contributed by atoms with Gasteiger partial charge in [-0.3, -0.25) is 0 Å². The summed E-state index contributed by atoms with van der Waals surface area (Å²) in [5.41, 5.74) is 0.214. The van der Waals surface area contributed by atoms with E-state index in [0.29, 0.717) is 12.2 Å². The first-order valence-electron chi connectivity index (χ1n) is 5.97. The van der Waals surface area contributed by atoms with Gasteiger partial charge in [-0.1, -0.05) is 5.16 Å². The van der Waals surface area contributed by atoms with Gasteiger partial charge in [0.2, 0.25) is 0 Å². The minimum absolute atomic E-state index is 0.00136. The molecule has 0 saturated carbocycles. The van der Waals surface area contributed by atoms with Crippen LogP contribution < -0.4 is 0 Å². The van der Waals surface area contributed by atoms with Crippen molar-refractivity contribution in [3.8, 4) is 17.2 Å². The lowest BCUT2D eigenvalue weighted by molar-refractivity contribution is 0.413. The van der Waals surface area contributed by atoms with Crippen molar-refractivity contribution in [2.24, 2.45) is 0 Å². The van der Waals surface area contributed by atoms with Crippen molar-refractivity contribution in [1.29, 1.82) is 0 Å². The third-order valence-electron chi connectivity index (χ3n) is 3.23. The molecule has 1 saturated heterocycles. The number of halogens is 1. The Morgan fingerprint density at radius 1 is 1.40 bits per heavy atom. The predicted octanol–water partition coefficient (Wildman–Crippen LogP) is 1.48. The summed E-state index contributed by atoms with van der Waals surface area (Å²) in [6, 6.07) is 3.44. The maximum absolute atomic E-state index is 12.9. The van der Waals surface area contributed by atoms with E-state index in [0.717, 1.165) is 6.07 Å². The van der Waals surface area contributed by atoms with Gasteiger partial charge in [-0.05, 0) is 18.6 Å². The topological polar surface area (TPSA) is 93.3 Å². The molecule has 1 aromatic carbocycles. The fraction of sp³-hybridized carbons (Fsp3) is 0.333. The van der Waals surface area contributed by atoms with E-state index in [-0.39, 0.29) is 34.6 Å². The highest BCUT2D eigenvalue weighted by molar-refractivity contribution is 7.91. The first kappa shape index (κ1) is 13.0. The number of aromatic hydroxyl groups is 1. The monoisotopic (exact) mass is 298 g/mol. The van der Waals surface area contributed by atoms with E-state index in [1.54, 1.807) is 0 Å². The predicted molar refractivity (Wildman–Crippen MR) is 67.4 cm³/mol. The number of rotatable bonds is 2. The third kappa shape index (κ3) is 2.38. The highest BCUT2D eigenvalue weighted by Crippen LogP contribution is 2.31. The van der Waals surface area contributed by atoms with Gasteiger partial charge in [0.1, 0.15) is 11.6 Å². The van der Waals surface area contributed by atoms with Crippen LogP contribution >= 0.6 is 0 Å². The largest absolute Gasteiger partial charge is 0.507 e. The summed E-state index contributed by atoms with van der Waals surface area (Å²) in [4.78, 5) is 4.09. The van der Waals surface area contributed by atoms with Crippen molar-refractivity contribution < 1.29 is 22.4 Å². The molecule has 6 nitrogen and oxygen atoms in total. The lowest BCUT2D eigenvalue weighted by Crippen LogP contribution is -2.05. The molecular formula is C12H11FN2O4S. The molecule has 1 aliphatic heterocycles. The molecule has 0 radical (unpaired) electrons. The zero-order valence-corrected chi connectivity index (χ0v) is 11.1. The molecule has 1 atom stereocenters. The molecule has 1 unspecified atom stereocenters. The van der Waals surface area contributed by atoms with Crippen LogP contribution in [0.4, 0.5) is 4.39 Å². The molecule has 2 aromatic rings. The van der Waals surface area contributed by atoms with E-state index in [4.69, 9.17) is 4.52 Å². The van der Waals surface area contributed by atoms with Crippen molar-refractivity contribution in [2.75, 3.05) is 11.5 Å². The van der Waals surface area contributed by atoms with Crippen LogP contribution in [0.25, 0.3) is 11.5 Å². The van der Waals surface area contributed by atoms with Gasteiger partial charge in [-0.2, -0.15) is 4.98 Å². The van der Waals surface area contributed by atoms with Gasteiger partial charge in [0, 0.05) is 12.0 Å². The number of benzene rings is 1. The second-order valence-corrected chi connectivity index (χ2v) is 6.95. The van der Waals surface area contributed by atoms with Gasteiger partial charge >= 0.3 is 0 Å². The van der Waals surface area contributed by atoms with Gasteiger partial charge in [0.15, 0.2) is 15.7 Å². The van der Waals surface area contributed by atoms with E-state index >= 15 is 0 Å². The molecule has 0 spiro atoms. The minimum Gasteiger partial charge on any atom is -0.507 e. The zero-order chi connectivity index (χ0) is 14.3. The van der Waals surface area contributed by atoms with Crippen LogP contribution in [0.15, 0.2) is 22.7 Å². The number of nitrogens with zero attached hydrogens (tertiary/aromatic N) is 2. The Morgan fingerprint density at radius 2 is 2.20 bits per heavy atom. The van der Waals surface area contributed by atoms with Crippen molar-refractivity contribution in [1.82, 2.24) is 10.1 Å². The smallest absolute Gasteiger partial charge is 0.261 e. The molecule has 1 fully saturated rings. The minimum atomic E-state index is -3.03. The molecule has 0 bridgehead atoms. The Hall–Kier alpha value is -1.96. The van der Waals surface area contributed by atoms with Gasteiger partial charge in [0.05, 0.1) is 17.1 Å². The van der Waals surface area contributed by atoms with Crippen molar-refractivity contribution in [3.05, 3.63) is 29.8 Å². The van der Waals surface area contributed by atoms with Gasteiger partial charge in [-0.15, -0.1) is 0 Å². The molecule has 20 heavy (non-hydrogen) atoms. The number of hydrogen-bond donors (Lipinski definition) is 1. The van der Waals surface area contributed by atoms with E-state index in [1.807, 2.05) is 0 Å². The summed E-state index contributed by atoms with van der Waals surface area (Å²) in [5, 5.41) is 13.4. The Balaban J connectivity index is 1.91. The number of phenolic OH excluding ortho intramolecular Hbond substituents is 1. The zero-order valence-electron chi connectivity index (χ0n) is 10.3. The lowest BCUT2D eigenvalue weighted by atomic mass is 10.1. The van der Waals surface area contributed by atoms with Crippen LogP contribution in [0.3, 0.4) is 0 Å². The van der Waals surface area contributed by atoms with Crippen LogP contribution in [0.2, 0.25) is 0 Å². The molecule has 106 valence electrons. The summed E-state index contributed by atoms with van der Waals surface area (Å²) in [6.07, 6.45) is 0.455. The molecular weight excluding hydrogens is 287 g/mol. The average molecular weight is 298 g/mol. The van der Waals surface area contributed by atoms with Crippen LogP contribution in [-0.2, 0) is 9.84 Å². The first-order valence-corrected chi connectivity index (χ1v) is 7.80. The van der Waals surface area contributed by atoms with Gasteiger partial charge in [-0.25, -0.2) is 12.8 Å². The van der Waals surface area contributed by atoms with Crippen molar-refractivity contribution >= 4 is 9.84 Å². The third-order valence-corrected chi connectivity index (χ3v) is 5.00. The summed E-state index contributed by atoms with van der Waals surface area (Å²) in [7, 11) is -3.03. The van der Waals surface area contributed by atoms with Gasteiger partial charge < -0.3 is 9.63 Å². The van der Waals surface area contributed by atoms with Crippen LogP contribution in [-0.4, -0.2) is 35.2 Å². The maximum Gasteiger partial charge on any atom is 0.261 e. The molecule has 2 heterocycles. The normalized spacial score (nSPS) is 21.1. The van der Waals surface area contributed by atoms with Crippen molar-refractivity contribution in [2.45, 2.75) is 12.3 Å². The molecule has 3 rings (SSSR count). The highest BCUT2D eigenvalue weighted by Gasteiger charge is 2.32. The molecule has 0 amide bonds. The SMILES string of the molecule is O=S1(=O)CCC(c2noc(-c3ccc(F)cc3O)n2)C1. The van der Waals surface area contributed by atoms with E-state index in [9.17, 15) is 17.9 Å². The summed E-state index contributed by atoms with van der Waals surface area (Å²) >= 11 is 0. The highest BCUT2D eigenvalue weighted by atomic mass is 32.2. The molecule has 1 N–H and O–H groups in total. The Kier molecular flexibility index (Phi) is 2.97. The first-order chi connectivity index (χ1) is 9.44. The fourth-order valence-electron chi connectivity index (χ4n) is 2.19. The number of hydrogen-bond acceptors (Lipinski definition) is 6. The molecule has 0 aliphatic carbocycles. The van der Waals surface area contributed by atoms with Crippen LogP contribution in [0, 0.1) is 5.82 Å². The Morgan fingerprint density at radius 3 is 2.85 bits per heavy atom. The van der Waals surface area contributed by atoms with Crippen LogP contribution in [0.5, 0.6) is 5.75 Å². The summed E-state index contributed by atoms with van der Waals surface area (Å²) in [5.74, 6) is -0.719. The number of sulfone groups is 1. The maximum atomic E-state index is 12.9. The number of phenols is 1.